The molecule has 0 spiro atoms. The van der Waals surface area contributed by atoms with Crippen molar-refractivity contribution in [1.29, 1.82) is 0 Å². The molecule has 2 aliphatic heterocycles. The van der Waals surface area contributed by atoms with Gasteiger partial charge in [-0.2, -0.15) is 0 Å². The molecular weight excluding hydrogens is 392 g/mol. The predicted molar refractivity (Wildman–Crippen MR) is 122 cm³/mol. The number of likely N-dealkylation sites (tertiary alicyclic amines) is 1. The summed E-state index contributed by atoms with van der Waals surface area (Å²) in [5.74, 6) is 0.308. The van der Waals surface area contributed by atoms with Gasteiger partial charge in [-0.05, 0) is 37.9 Å². The van der Waals surface area contributed by atoms with Crippen LogP contribution in [0, 0.1) is 5.92 Å². The number of likely N-dealkylation sites (N-methyl/N-ethyl adjacent to an activating group) is 1. The van der Waals surface area contributed by atoms with Crippen LogP contribution in [0.4, 0.5) is 0 Å². The number of amides is 2. The largest absolute Gasteiger partial charge is 0.493 e. The zero-order chi connectivity index (χ0) is 22.4. The molecule has 7 heteroatoms. The summed E-state index contributed by atoms with van der Waals surface area (Å²) in [6.45, 7) is 15.5. The zero-order valence-electron chi connectivity index (χ0n) is 19.5. The van der Waals surface area contributed by atoms with Crippen molar-refractivity contribution in [2.45, 2.75) is 46.2 Å². The minimum Gasteiger partial charge on any atom is -0.493 e. The van der Waals surface area contributed by atoms with E-state index in [0.717, 1.165) is 52.2 Å². The molecule has 2 saturated heterocycles. The fraction of sp³-hybridized carbons (Fsp3) is 0.667. The third kappa shape index (κ3) is 5.77. The van der Waals surface area contributed by atoms with Crippen molar-refractivity contribution in [3.63, 3.8) is 0 Å². The Hall–Kier alpha value is -2.12. The van der Waals surface area contributed by atoms with Crippen LogP contribution in [0.15, 0.2) is 24.3 Å². The molecule has 1 N–H and O–H groups in total. The highest BCUT2D eigenvalue weighted by molar-refractivity contribution is 5.99. The third-order valence-electron chi connectivity index (χ3n) is 6.50. The maximum absolute atomic E-state index is 13.3. The summed E-state index contributed by atoms with van der Waals surface area (Å²) in [6, 6.07) is 7.06. The molecule has 7 nitrogen and oxygen atoms in total. The standard InChI is InChI=1S/C24H38N4O3/c1-5-26-13-15-27(16-14-26)19-11-12-28(17-19)24(30)22(18(3)4)25-23(29)20-9-7-8-10-21(20)31-6-2/h7-10,18-19,22H,5-6,11-17H2,1-4H3,(H,25,29). The van der Waals surface area contributed by atoms with Gasteiger partial charge in [0.05, 0.1) is 12.2 Å². The first-order chi connectivity index (χ1) is 14.9. The Bertz CT molecular complexity index is 746. The SMILES string of the molecule is CCOc1ccccc1C(=O)NC(C(=O)N1CCC(N2CCN(CC)CC2)C1)C(C)C. The molecule has 2 fully saturated rings. The van der Waals surface area contributed by atoms with Crippen LogP contribution in [0.25, 0.3) is 0 Å². The number of carbonyl (C=O) groups excluding carboxylic acids is 2. The van der Waals surface area contributed by atoms with E-state index < -0.39 is 6.04 Å². The average Bonchev–Trinajstić information content (AvgIpc) is 3.27. The minimum absolute atomic E-state index is 0.00264. The van der Waals surface area contributed by atoms with Crippen molar-refractivity contribution >= 4 is 11.8 Å². The Labute approximate surface area is 186 Å². The first-order valence-corrected chi connectivity index (χ1v) is 11.7. The molecule has 2 unspecified atom stereocenters. The summed E-state index contributed by atoms with van der Waals surface area (Å²) in [7, 11) is 0. The summed E-state index contributed by atoms with van der Waals surface area (Å²) in [5, 5.41) is 2.99. The number of hydrogen-bond acceptors (Lipinski definition) is 5. The van der Waals surface area contributed by atoms with Crippen molar-refractivity contribution in [2.24, 2.45) is 5.92 Å². The fourth-order valence-corrected chi connectivity index (χ4v) is 4.55. The second-order valence-electron chi connectivity index (χ2n) is 8.82. The van der Waals surface area contributed by atoms with Crippen molar-refractivity contribution < 1.29 is 14.3 Å². The number of para-hydroxylation sites is 1. The summed E-state index contributed by atoms with van der Waals surface area (Å²) >= 11 is 0. The molecule has 2 heterocycles. The van der Waals surface area contributed by atoms with E-state index in [1.165, 1.54) is 0 Å². The van der Waals surface area contributed by atoms with Crippen LogP contribution >= 0.6 is 0 Å². The molecule has 1 aromatic rings. The first-order valence-electron chi connectivity index (χ1n) is 11.7. The number of rotatable bonds is 8. The van der Waals surface area contributed by atoms with Gasteiger partial charge in [-0.1, -0.05) is 32.9 Å². The first kappa shape index (κ1) is 23.5. The second kappa shape index (κ2) is 11.0. The predicted octanol–water partition coefficient (Wildman–Crippen LogP) is 2.08. The maximum atomic E-state index is 13.3. The maximum Gasteiger partial charge on any atom is 0.255 e. The molecule has 2 atom stereocenters. The number of benzene rings is 1. The van der Waals surface area contributed by atoms with Crippen molar-refractivity contribution in [3.8, 4) is 5.75 Å². The lowest BCUT2D eigenvalue weighted by Gasteiger charge is -2.37. The van der Waals surface area contributed by atoms with E-state index in [9.17, 15) is 9.59 Å². The van der Waals surface area contributed by atoms with Gasteiger partial charge in [-0.3, -0.25) is 14.5 Å². The molecule has 2 aliphatic rings. The molecule has 0 radical (unpaired) electrons. The van der Waals surface area contributed by atoms with Gasteiger partial charge in [0.2, 0.25) is 5.91 Å². The van der Waals surface area contributed by atoms with Crippen LogP contribution in [-0.2, 0) is 4.79 Å². The molecule has 0 aliphatic carbocycles. The zero-order valence-corrected chi connectivity index (χ0v) is 19.5. The monoisotopic (exact) mass is 430 g/mol. The lowest BCUT2D eigenvalue weighted by Crippen LogP contribution is -2.53. The van der Waals surface area contributed by atoms with Gasteiger partial charge in [0.15, 0.2) is 0 Å². The Balaban J connectivity index is 1.62. The van der Waals surface area contributed by atoms with Crippen LogP contribution in [0.5, 0.6) is 5.75 Å². The van der Waals surface area contributed by atoms with Gasteiger partial charge >= 0.3 is 0 Å². The minimum atomic E-state index is -0.544. The van der Waals surface area contributed by atoms with Crippen molar-refractivity contribution in [1.82, 2.24) is 20.0 Å². The quantitative estimate of drug-likeness (QED) is 0.684. The summed E-state index contributed by atoms with van der Waals surface area (Å²) in [5.41, 5.74) is 0.468. The van der Waals surface area contributed by atoms with Gasteiger partial charge in [0.25, 0.3) is 5.91 Å². The Morgan fingerprint density at radius 3 is 2.45 bits per heavy atom. The van der Waals surface area contributed by atoms with Gasteiger partial charge in [0.1, 0.15) is 11.8 Å². The lowest BCUT2D eigenvalue weighted by molar-refractivity contribution is -0.133. The molecule has 3 rings (SSSR count). The van der Waals surface area contributed by atoms with Crippen LogP contribution in [0.1, 0.15) is 44.5 Å². The highest BCUT2D eigenvalue weighted by atomic mass is 16.5. The number of ether oxygens (including phenoxy) is 1. The second-order valence-corrected chi connectivity index (χ2v) is 8.82. The number of carbonyl (C=O) groups is 2. The van der Waals surface area contributed by atoms with E-state index in [2.05, 4.69) is 22.0 Å². The van der Waals surface area contributed by atoms with Gasteiger partial charge in [0, 0.05) is 45.3 Å². The van der Waals surface area contributed by atoms with E-state index in [-0.39, 0.29) is 17.7 Å². The van der Waals surface area contributed by atoms with E-state index >= 15 is 0 Å². The Morgan fingerprint density at radius 1 is 1.10 bits per heavy atom. The van der Waals surface area contributed by atoms with Crippen LogP contribution in [-0.4, -0.2) is 91.0 Å². The summed E-state index contributed by atoms with van der Waals surface area (Å²) in [6.07, 6.45) is 1.00. The van der Waals surface area contributed by atoms with Crippen LogP contribution in [0.2, 0.25) is 0 Å². The molecule has 0 bridgehead atoms. The van der Waals surface area contributed by atoms with Gasteiger partial charge < -0.3 is 19.9 Å². The van der Waals surface area contributed by atoms with Crippen molar-refractivity contribution in [3.05, 3.63) is 29.8 Å². The number of nitrogens with one attached hydrogen (secondary N) is 1. The van der Waals surface area contributed by atoms with E-state index in [1.807, 2.05) is 37.8 Å². The molecule has 172 valence electrons. The Morgan fingerprint density at radius 2 is 1.81 bits per heavy atom. The number of piperazine rings is 1. The molecule has 31 heavy (non-hydrogen) atoms. The van der Waals surface area contributed by atoms with Gasteiger partial charge in [-0.15, -0.1) is 0 Å². The average molecular weight is 431 g/mol. The van der Waals surface area contributed by atoms with Crippen LogP contribution < -0.4 is 10.1 Å². The highest BCUT2D eigenvalue weighted by Crippen LogP contribution is 2.21. The summed E-state index contributed by atoms with van der Waals surface area (Å²) < 4.78 is 5.59. The fourth-order valence-electron chi connectivity index (χ4n) is 4.55. The smallest absolute Gasteiger partial charge is 0.255 e. The highest BCUT2D eigenvalue weighted by Gasteiger charge is 2.36. The molecule has 0 saturated carbocycles. The summed E-state index contributed by atoms with van der Waals surface area (Å²) in [4.78, 5) is 33.3. The third-order valence-corrected chi connectivity index (χ3v) is 6.50. The topological polar surface area (TPSA) is 65.1 Å². The number of hydrogen-bond donors (Lipinski definition) is 1. The normalized spacial score (nSPS) is 21.3. The molecule has 2 amide bonds. The molecular formula is C24H38N4O3. The van der Waals surface area contributed by atoms with E-state index in [1.54, 1.807) is 12.1 Å². The van der Waals surface area contributed by atoms with Gasteiger partial charge in [-0.25, -0.2) is 0 Å². The molecule has 1 aromatic carbocycles. The van der Waals surface area contributed by atoms with E-state index in [4.69, 9.17) is 4.74 Å². The Kier molecular flexibility index (Phi) is 8.32. The van der Waals surface area contributed by atoms with Crippen LogP contribution in [0.3, 0.4) is 0 Å². The van der Waals surface area contributed by atoms with E-state index in [0.29, 0.717) is 24.0 Å². The molecule has 0 aromatic heterocycles. The number of nitrogens with zero attached hydrogens (tertiary/aromatic N) is 3. The van der Waals surface area contributed by atoms with Crippen molar-refractivity contribution in [2.75, 3.05) is 52.4 Å². The lowest BCUT2D eigenvalue weighted by atomic mass is 10.0.